The third-order valence-corrected chi connectivity index (χ3v) is 5.77. The highest BCUT2D eigenvalue weighted by atomic mass is 35.5. The largest absolute Gasteiger partial charge is 0.493 e. The molecule has 0 N–H and O–H groups in total. The zero-order valence-electron chi connectivity index (χ0n) is 19.0. The van der Waals surface area contributed by atoms with Gasteiger partial charge in [-0.15, -0.1) is 0 Å². The van der Waals surface area contributed by atoms with Crippen molar-refractivity contribution in [1.29, 1.82) is 0 Å². The van der Waals surface area contributed by atoms with E-state index in [-0.39, 0.29) is 29.2 Å². The van der Waals surface area contributed by atoms with E-state index < -0.39 is 6.04 Å². The number of carbonyl (C=O) groups is 1. The monoisotopic (exact) mass is 471 g/mol. The van der Waals surface area contributed by atoms with Crippen molar-refractivity contribution in [3.8, 4) is 11.5 Å². The molecule has 2 aromatic carbocycles. The average molecular weight is 472 g/mol. The molecule has 0 aliphatic carbocycles. The Hall–Kier alpha value is -3.03. The lowest BCUT2D eigenvalue weighted by Crippen LogP contribution is -2.32. The van der Waals surface area contributed by atoms with E-state index in [9.17, 15) is 9.59 Å². The van der Waals surface area contributed by atoms with Gasteiger partial charge in [0.25, 0.3) is 5.91 Å². The van der Waals surface area contributed by atoms with Crippen LogP contribution in [-0.4, -0.2) is 44.8 Å². The number of carbonyl (C=O) groups excluding carboxylic acids is 1. The highest BCUT2D eigenvalue weighted by Gasteiger charge is 2.42. The minimum atomic E-state index is -0.657. The van der Waals surface area contributed by atoms with Crippen LogP contribution in [0.15, 0.2) is 45.6 Å². The van der Waals surface area contributed by atoms with E-state index in [1.54, 1.807) is 49.5 Å². The number of fused-ring (bicyclic) bond motifs is 2. The van der Waals surface area contributed by atoms with Gasteiger partial charge in [-0.2, -0.15) is 0 Å². The van der Waals surface area contributed by atoms with Gasteiger partial charge in [-0.25, -0.2) is 0 Å². The molecule has 1 aromatic heterocycles. The van der Waals surface area contributed by atoms with Crippen LogP contribution in [0.4, 0.5) is 0 Å². The summed E-state index contributed by atoms with van der Waals surface area (Å²) in [6.07, 6.45) is 0. The molecule has 0 radical (unpaired) electrons. The van der Waals surface area contributed by atoms with Crippen LogP contribution in [0.2, 0.25) is 5.02 Å². The third-order valence-electron chi connectivity index (χ3n) is 5.54. The van der Waals surface area contributed by atoms with Crippen LogP contribution < -0.4 is 14.9 Å². The molecular formula is C25H26ClNO6. The standard InChI is InChI=1S/C25H26ClNO6/c1-14(2)13-32-19-7-5-15(11-20(19)31-4)22-21-23(28)17-12-16(26)6-8-18(17)33-24(21)25(29)27(22)9-10-30-3/h5-8,11-12,14,22H,9-10,13H2,1-4H3. The van der Waals surface area contributed by atoms with Gasteiger partial charge in [0.15, 0.2) is 16.9 Å². The van der Waals surface area contributed by atoms with Crippen molar-refractivity contribution in [2.24, 2.45) is 5.92 Å². The van der Waals surface area contributed by atoms with Crippen LogP contribution in [0.1, 0.15) is 41.6 Å². The second-order valence-electron chi connectivity index (χ2n) is 8.32. The highest BCUT2D eigenvalue weighted by Crippen LogP contribution is 2.41. The smallest absolute Gasteiger partial charge is 0.290 e. The van der Waals surface area contributed by atoms with Gasteiger partial charge in [-0.05, 0) is 41.8 Å². The first-order valence-corrected chi connectivity index (χ1v) is 11.1. The van der Waals surface area contributed by atoms with Gasteiger partial charge in [0, 0.05) is 18.7 Å². The summed E-state index contributed by atoms with van der Waals surface area (Å²) < 4.78 is 22.5. The number of hydrogen-bond acceptors (Lipinski definition) is 6. The maximum Gasteiger partial charge on any atom is 0.290 e. The average Bonchev–Trinajstić information content (AvgIpc) is 3.08. The summed E-state index contributed by atoms with van der Waals surface area (Å²) in [4.78, 5) is 28.4. The minimum Gasteiger partial charge on any atom is -0.493 e. The molecule has 0 saturated heterocycles. The van der Waals surface area contributed by atoms with Gasteiger partial charge in [0.05, 0.1) is 37.3 Å². The van der Waals surface area contributed by atoms with Crippen molar-refractivity contribution in [1.82, 2.24) is 4.90 Å². The lowest BCUT2D eigenvalue weighted by atomic mass is 9.98. The minimum absolute atomic E-state index is 0.0371. The predicted octanol–water partition coefficient (Wildman–Crippen LogP) is 4.68. The normalized spacial score (nSPS) is 15.4. The van der Waals surface area contributed by atoms with Gasteiger partial charge in [0.1, 0.15) is 5.58 Å². The molecule has 0 fully saturated rings. The first-order chi connectivity index (χ1) is 15.8. The first kappa shape index (κ1) is 23.1. The van der Waals surface area contributed by atoms with Crippen LogP contribution in [0.3, 0.4) is 0 Å². The van der Waals surface area contributed by atoms with E-state index in [4.69, 9.17) is 30.2 Å². The van der Waals surface area contributed by atoms with Gasteiger partial charge in [-0.3, -0.25) is 9.59 Å². The second kappa shape index (κ2) is 9.45. The molecule has 1 atom stereocenters. The number of hydrogen-bond donors (Lipinski definition) is 0. The van der Waals surface area contributed by atoms with Gasteiger partial charge >= 0.3 is 0 Å². The van der Waals surface area contributed by atoms with Crippen molar-refractivity contribution in [2.75, 3.05) is 34.0 Å². The fraction of sp³-hybridized carbons (Fsp3) is 0.360. The molecule has 33 heavy (non-hydrogen) atoms. The van der Waals surface area contributed by atoms with Crippen LogP contribution in [0.5, 0.6) is 11.5 Å². The number of rotatable bonds is 8. The summed E-state index contributed by atoms with van der Waals surface area (Å²) in [5.74, 6) is 1.15. The number of ether oxygens (including phenoxy) is 3. The van der Waals surface area contributed by atoms with Crippen molar-refractivity contribution < 1.29 is 23.4 Å². The topological polar surface area (TPSA) is 78.2 Å². The molecule has 8 heteroatoms. The predicted molar refractivity (Wildman–Crippen MR) is 126 cm³/mol. The fourth-order valence-electron chi connectivity index (χ4n) is 3.99. The Balaban J connectivity index is 1.87. The molecule has 4 rings (SSSR count). The van der Waals surface area contributed by atoms with E-state index >= 15 is 0 Å². The molecule has 2 heterocycles. The molecule has 3 aromatic rings. The number of benzene rings is 2. The second-order valence-corrected chi connectivity index (χ2v) is 8.76. The Morgan fingerprint density at radius 2 is 1.88 bits per heavy atom. The molecule has 7 nitrogen and oxygen atoms in total. The van der Waals surface area contributed by atoms with Crippen LogP contribution in [0.25, 0.3) is 11.0 Å². The van der Waals surface area contributed by atoms with Crippen LogP contribution >= 0.6 is 11.6 Å². The van der Waals surface area contributed by atoms with Crippen molar-refractivity contribution in [2.45, 2.75) is 19.9 Å². The van der Waals surface area contributed by atoms with E-state index in [1.165, 1.54) is 0 Å². The van der Waals surface area contributed by atoms with Gasteiger partial charge in [0.2, 0.25) is 5.76 Å². The van der Waals surface area contributed by atoms with Crippen LogP contribution in [0, 0.1) is 5.92 Å². The van der Waals surface area contributed by atoms with Gasteiger partial charge < -0.3 is 23.5 Å². The number of amides is 1. The highest BCUT2D eigenvalue weighted by molar-refractivity contribution is 6.31. The molecule has 174 valence electrons. The number of halogens is 1. The molecule has 1 unspecified atom stereocenters. The zero-order valence-corrected chi connectivity index (χ0v) is 19.8. The summed E-state index contributed by atoms with van der Waals surface area (Å²) in [5.41, 5.74) is 1.02. The SMILES string of the molecule is COCCN1C(=O)c2oc3ccc(Cl)cc3c(=O)c2C1c1ccc(OCC(C)C)c(OC)c1. The Kier molecular flexibility index (Phi) is 6.63. The maximum atomic E-state index is 13.5. The number of nitrogens with zero attached hydrogens (tertiary/aromatic N) is 1. The van der Waals surface area contributed by atoms with E-state index in [0.717, 1.165) is 0 Å². The molecule has 0 spiro atoms. The summed E-state index contributed by atoms with van der Waals surface area (Å²) in [6.45, 7) is 5.25. The van der Waals surface area contributed by atoms with Crippen molar-refractivity contribution in [3.05, 3.63) is 68.5 Å². The Morgan fingerprint density at radius 3 is 2.58 bits per heavy atom. The maximum absolute atomic E-state index is 13.5. The molecule has 0 bridgehead atoms. The van der Waals surface area contributed by atoms with Crippen molar-refractivity contribution in [3.63, 3.8) is 0 Å². The fourth-order valence-corrected chi connectivity index (χ4v) is 4.16. The van der Waals surface area contributed by atoms with Crippen LogP contribution in [-0.2, 0) is 4.74 Å². The third kappa shape index (κ3) is 4.30. The molecule has 1 amide bonds. The Morgan fingerprint density at radius 1 is 1.09 bits per heavy atom. The quantitative estimate of drug-likeness (QED) is 0.474. The summed E-state index contributed by atoms with van der Waals surface area (Å²) in [5, 5.41) is 0.747. The van der Waals surface area contributed by atoms with E-state index in [0.29, 0.717) is 52.2 Å². The number of methoxy groups -OCH3 is 2. The first-order valence-electron chi connectivity index (χ1n) is 10.7. The summed E-state index contributed by atoms with van der Waals surface area (Å²) in [7, 11) is 3.12. The Bertz CT molecular complexity index is 1250. The summed E-state index contributed by atoms with van der Waals surface area (Å²) in [6, 6.07) is 9.56. The van der Waals surface area contributed by atoms with Crippen molar-refractivity contribution >= 4 is 28.5 Å². The molecule has 1 aliphatic rings. The lowest BCUT2D eigenvalue weighted by Gasteiger charge is -2.25. The van der Waals surface area contributed by atoms with Gasteiger partial charge in [-0.1, -0.05) is 31.5 Å². The zero-order chi connectivity index (χ0) is 23.7. The molecule has 1 aliphatic heterocycles. The molecular weight excluding hydrogens is 446 g/mol. The van der Waals surface area contributed by atoms with E-state index in [2.05, 4.69) is 13.8 Å². The molecule has 0 saturated carbocycles. The van der Waals surface area contributed by atoms with E-state index in [1.807, 2.05) is 6.07 Å². The Labute approximate surface area is 196 Å². The summed E-state index contributed by atoms with van der Waals surface area (Å²) >= 11 is 6.12. The lowest BCUT2D eigenvalue weighted by molar-refractivity contribution is 0.0663.